The van der Waals surface area contributed by atoms with E-state index in [-0.39, 0.29) is 0 Å². The second-order valence-electron chi connectivity index (χ2n) is 5.10. The first kappa shape index (κ1) is 12.4. The van der Waals surface area contributed by atoms with Crippen molar-refractivity contribution in [2.24, 2.45) is 23.7 Å². The lowest BCUT2D eigenvalue weighted by Gasteiger charge is -2.20. The third-order valence-corrected chi connectivity index (χ3v) is 4.11. The molecule has 0 aromatic carbocycles. The van der Waals surface area contributed by atoms with Crippen molar-refractivity contribution in [1.29, 1.82) is 0 Å². The summed E-state index contributed by atoms with van der Waals surface area (Å²) in [7, 11) is 0. The van der Waals surface area contributed by atoms with Crippen molar-refractivity contribution in [2.45, 2.75) is 47.0 Å². The van der Waals surface area contributed by atoms with E-state index >= 15 is 0 Å². The maximum atomic E-state index is 5.46. The van der Waals surface area contributed by atoms with Crippen LogP contribution in [0.15, 0.2) is 11.6 Å². The fraction of sp³-hybridized carbons (Fsp3) is 0.733. The Morgan fingerprint density at radius 3 is 2.73 bits per heavy atom. The summed E-state index contributed by atoms with van der Waals surface area (Å²) in [5, 5.41) is 0. The smallest absolute Gasteiger partial charge is 0.0378 e. The molecule has 0 N–H and O–H groups in total. The van der Waals surface area contributed by atoms with Crippen LogP contribution in [0.5, 0.6) is 0 Å². The summed E-state index contributed by atoms with van der Waals surface area (Å²) < 4.78 is 0. The minimum absolute atomic E-state index is 0.301. The van der Waals surface area contributed by atoms with Crippen LogP contribution in [0.1, 0.15) is 47.0 Å². The SMILES string of the molecule is C#CC(C)C(C)=CC1C(C)CCC1CC. The minimum Gasteiger partial charge on any atom is -0.119 e. The maximum absolute atomic E-state index is 5.46. The summed E-state index contributed by atoms with van der Waals surface area (Å²) in [5.41, 5.74) is 1.38. The van der Waals surface area contributed by atoms with E-state index in [1.165, 1.54) is 24.8 Å². The van der Waals surface area contributed by atoms with Crippen LogP contribution in [0, 0.1) is 36.0 Å². The van der Waals surface area contributed by atoms with Crippen molar-refractivity contribution in [3.8, 4) is 12.3 Å². The summed E-state index contributed by atoms with van der Waals surface area (Å²) >= 11 is 0. The Morgan fingerprint density at radius 2 is 2.20 bits per heavy atom. The van der Waals surface area contributed by atoms with E-state index < -0.39 is 0 Å². The van der Waals surface area contributed by atoms with Gasteiger partial charge < -0.3 is 0 Å². The molecular weight excluding hydrogens is 180 g/mol. The zero-order chi connectivity index (χ0) is 11.4. The third kappa shape index (κ3) is 2.88. The molecule has 0 heterocycles. The lowest BCUT2D eigenvalue weighted by molar-refractivity contribution is 0.387. The molecule has 1 fully saturated rings. The van der Waals surface area contributed by atoms with Crippen LogP contribution in [-0.4, -0.2) is 0 Å². The molecule has 1 aliphatic rings. The molecule has 0 saturated heterocycles. The van der Waals surface area contributed by atoms with Crippen LogP contribution in [0.2, 0.25) is 0 Å². The minimum atomic E-state index is 0.301. The van der Waals surface area contributed by atoms with Crippen LogP contribution >= 0.6 is 0 Å². The molecular formula is C15H24. The van der Waals surface area contributed by atoms with Crippen molar-refractivity contribution in [1.82, 2.24) is 0 Å². The number of allylic oxidation sites excluding steroid dienone is 2. The highest BCUT2D eigenvalue weighted by Gasteiger charge is 2.30. The highest BCUT2D eigenvalue weighted by atomic mass is 14.4. The van der Waals surface area contributed by atoms with Gasteiger partial charge in [0.05, 0.1) is 0 Å². The van der Waals surface area contributed by atoms with Gasteiger partial charge in [-0.15, -0.1) is 6.42 Å². The molecule has 4 atom stereocenters. The van der Waals surface area contributed by atoms with Gasteiger partial charge in [0.1, 0.15) is 0 Å². The Morgan fingerprint density at radius 1 is 1.53 bits per heavy atom. The summed E-state index contributed by atoms with van der Waals surface area (Å²) in [5.74, 6) is 5.62. The summed E-state index contributed by atoms with van der Waals surface area (Å²) in [6.07, 6.45) is 12.0. The van der Waals surface area contributed by atoms with Crippen molar-refractivity contribution in [3.05, 3.63) is 11.6 Å². The van der Waals surface area contributed by atoms with Crippen LogP contribution in [0.3, 0.4) is 0 Å². The Balaban J connectivity index is 2.74. The highest BCUT2D eigenvalue weighted by molar-refractivity contribution is 5.16. The molecule has 84 valence electrons. The molecule has 4 unspecified atom stereocenters. The largest absolute Gasteiger partial charge is 0.119 e. The van der Waals surface area contributed by atoms with E-state index in [9.17, 15) is 0 Å². The number of hydrogen-bond donors (Lipinski definition) is 0. The predicted molar refractivity (Wildman–Crippen MR) is 67.4 cm³/mol. The second kappa shape index (κ2) is 5.40. The molecule has 0 heteroatoms. The van der Waals surface area contributed by atoms with Crippen molar-refractivity contribution in [3.63, 3.8) is 0 Å². The van der Waals surface area contributed by atoms with Gasteiger partial charge in [-0.2, -0.15) is 0 Å². The standard InChI is InChI=1S/C15H24/c1-6-11(3)13(5)10-15-12(4)8-9-14(15)7-2/h1,10-12,14-15H,7-9H2,2-5H3. The van der Waals surface area contributed by atoms with Gasteiger partial charge in [-0.25, -0.2) is 0 Å². The molecule has 1 rings (SSSR count). The van der Waals surface area contributed by atoms with Gasteiger partial charge in [0.15, 0.2) is 0 Å². The predicted octanol–water partition coefficient (Wildman–Crippen LogP) is 4.27. The van der Waals surface area contributed by atoms with Gasteiger partial charge in [-0.1, -0.05) is 37.8 Å². The molecule has 0 radical (unpaired) electrons. The van der Waals surface area contributed by atoms with E-state index in [1.54, 1.807) is 0 Å². The van der Waals surface area contributed by atoms with Crippen LogP contribution < -0.4 is 0 Å². The maximum Gasteiger partial charge on any atom is 0.0378 e. The third-order valence-electron chi connectivity index (χ3n) is 4.11. The molecule has 15 heavy (non-hydrogen) atoms. The van der Waals surface area contributed by atoms with E-state index in [4.69, 9.17) is 6.42 Å². The average Bonchev–Trinajstić information content (AvgIpc) is 2.59. The quantitative estimate of drug-likeness (QED) is 0.475. The lowest BCUT2D eigenvalue weighted by Crippen LogP contribution is -2.11. The summed E-state index contributed by atoms with van der Waals surface area (Å²) in [4.78, 5) is 0. The fourth-order valence-corrected chi connectivity index (χ4v) is 2.68. The van der Waals surface area contributed by atoms with Gasteiger partial charge >= 0.3 is 0 Å². The fourth-order valence-electron chi connectivity index (χ4n) is 2.68. The number of rotatable bonds is 3. The molecule has 0 amide bonds. The van der Waals surface area contributed by atoms with Gasteiger partial charge in [-0.05, 0) is 44.4 Å². The van der Waals surface area contributed by atoms with Crippen LogP contribution in [-0.2, 0) is 0 Å². The van der Waals surface area contributed by atoms with Crippen molar-refractivity contribution in [2.75, 3.05) is 0 Å². The van der Waals surface area contributed by atoms with Crippen molar-refractivity contribution >= 4 is 0 Å². The molecule has 1 saturated carbocycles. The van der Waals surface area contributed by atoms with Gasteiger partial charge in [0.2, 0.25) is 0 Å². The zero-order valence-electron chi connectivity index (χ0n) is 10.6. The van der Waals surface area contributed by atoms with Gasteiger partial charge in [-0.3, -0.25) is 0 Å². The molecule has 0 aromatic heterocycles. The molecule has 0 aromatic rings. The topological polar surface area (TPSA) is 0 Å². The Hall–Kier alpha value is -0.700. The first-order valence-corrected chi connectivity index (χ1v) is 6.24. The van der Waals surface area contributed by atoms with E-state index in [2.05, 4.69) is 39.7 Å². The van der Waals surface area contributed by atoms with E-state index in [1.807, 2.05) is 0 Å². The number of hydrogen-bond acceptors (Lipinski definition) is 0. The molecule has 0 bridgehead atoms. The second-order valence-corrected chi connectivity index (χ2v) is 5.10. The number of terminal acetylenes is 1. The highest BCUT2D eigenvalue weighted by Crippen LogP contribution is 2.40. The first-order valence-electron chi connectivity index (χ1n) is 6.24. The van der Waals surface area contributed by atoms with Crippen LogP contribution in [0.25, 0.3) is 0 Å². The molecule has 0 nitrogen and oxygen atoms in total. The summed E-state index contributed by atoms with van der Waals surface area (Å²) in [6, 6.07) is 0. The molecule has 1 aliphatic carbocycles. The molecule has 0 spiro atoms. The van der Waals surface area contributed by atoms with E-state index in [0.29, 0.717) is 5.92 Å². The normalized spacial score (nSPS) is 33.8. The zero-order valence-corrected chi connectivity index (χ0v) is 10.6. The Labute approximate surface area is 95.2 Å². The Kier molecular flexibility index (Phi) is 4.45. The Bertz CT molecular complexity index is 266. The van der Waals surface area contributed by atoms with Crippen LogP contribution in [0.4, 0.5) is 0 Å². The van der Waals surface area contributed by atoms with E-state index in [0.717, 1.165) is 17.8 Å². The van der Waals surface area contributed by atoms with Gasteiger partial charge in [0.25, 0.3) is 0 Å². The molecule has 0 aliphatic heterocycles. The van der Waals surface area contributed by atoms with Gasteiger partial charge in [0, 0.05) is 5.92 Å². The summed E-state index contributed by atoms with van der Waals surface area (Å²) in [6.45, 7) is 8.99. The lowest BCUT2D eigenvalue weighted by atomic mass is 9.85. The monoisotopic (exact) mass is 204 g/mol. The first-order chi connectivity index (χ1) is 7.10. The average molecular weight is 204 g/mol. The van der Waals surface area contributed by atoms with Crippen molar-refractivity contribution < 1.29 is 0 Å².